The Bertz CT molecular complexity index is 481. The molecule has 3 heteroatoms. The monoisotopic (exact) mass is 229 g/mol. The van der Waals surface area contributed by atoms with Crippen LogP contribution in [0.15, 0.2) is 24.4 Å². The van der Waals surface area contributed by atoms with Gasteiger partial charge in [-0.25, -0.2) is 4.98 Å². The van der Waals surface area contributed by atoms with Gasteiger partial charge in [0.2, 0.25) is 0 Å². The Morgan fingerprint density at radius 3 is 3.18 bits per heavy atom. The van der Waals surface area contributed by atoms with Crippen molar-refractivity contribution in [2.24, 2.45) is 5.92 Å². The maximum Gasteiger partial charge on any atom is 0.137 e. The molecule has 2 aromatic heterocycles. The first-order chi connectivity index (χ1) is 8.42. The molecule has 0 spiro atoms. The SMILES string of the molecule is c1cc2ccc(CC3CCCNCC3)nc2[nH]1. The number of aromatic nitrogens is 2. The summed E-state index contributed by atoms with van der Waals surface area (Å²) in [5, 5.41) is 4.67. The predicted molar refractivity (Wildman–Crippen MR) is 70.0 cm³/mol. The van der Waals surface area contributed by atoms with Crippen molar-refractivity contribution in [1.82, 2.24) is 15.3 Å². The van der Waals surface area contributed by atoms with Crippen molar-refractivity contribution >= 4 is 11.0 Å². The van der Waals surface area contributed by atoms with Gasteiger partial charge in [0, 0.05) is 17.3 Å². The minimum Gasteiger partial charge on any atom is -0.346 e. The number of aromatic amines is 1. The van der Waals surface area contributed by atoms with Crippen LogP contribution in [0.5, 0.6) is 0 Å². The first kappa shape index (κ1) is 10.8. The van der Waals surface area contributed by atoms with E-state index in [2.05, 4.69) is 33.5 Å². The number of pyridine rings is 1. The Morgan fingerprint density at radius 2 is 2.18 bits per heavy atom. The Balaban J connectivity index is 1.74. The van der Waals surface area contributed by atoms with E-state index in [0.717, 1.165) is 24.5 Å². The highest BCUT2D eigenvalue weighted by Gasteiger charge is 2.13. The molecule has 0 radical (unpaired) electrons. The highest BCUT2D eigenvalue weighted by Crippen LogP contribution is 2.19. The molecule has 3 nitrogen and oxygen atoms in total. The molecule has 3 heterocycles. The van der Waals surface area contributed by atoms with Crippen LogP contribution in [0.25, 0.3) is 11.0 Å². The molecule has 1 aliphatic heterocycles. The van der Waals surface area contributed by atoms with E-state index in [1.165, 1.54) is 36.9 Å². The second kappa shape index (κ2) is 4.88. The molecule has 0 saturated carbocycles. The second-order valence-corrected chi connectivity index (χ2v) is 4.97. The molecule has 3 rings (SSSR count). The lowest BCUT2D eigenvalue weighted by Gasteiger charge is -2.12. The molecular weight excluding hydrogens is 210 g/mol. The fourth-order valence-electron chi connectivity index (χ4n) is 2.68. The molecule has 1 saturated heterocycles. The summed E-state index contributed by atoms with van der Waals surface area (Å²) < 4.78 is 0. The van der Waals surface area contributed by atoms with Crippen LogP contribution in [-0.4, -0.2) is 23.1 Å². The van der Waals surface area contributed by atoms with Gasteiger partial charge < -0.3 is 10.3 Å². The van der Waals surface area contributed by atoms with Crippen molar-refractivity contribution in [3.05, 3.63) is 30.1 Å². The van der Waals surface area contributed by atoms with Crippen molar-refractivity contribution in [2.75, 3.05) is 13.1 Å². The summed E-state index contributed by atoms with van der Waals surface area (Å²) in [6.45, 7) is 2.34. The van der Waals surface area contributed by atoms with E-state index in [4.69, 9.17) is 0 Å². The third kappa shape index (κ3) is 2.50. The molecule has 0 aromatic carbocycles. The summed E-state index contributed by atoms with van der Waals surface area (Å²) in [6.07, 6.45) is 6.99. The van der Waals surface area contributed by atoms with Crippen LogP contribution in [-0.2, 0) is 6.42 Å². The second-order valence-electron chi connectivity index (χ2n) is 4.97. The van der Waals surface area contributed by atoms with Crippen molar-refractivity contribution in [1.29, 1.82) is 0 Å². The van der Waals surface area contributed by atoms with Gasteiger partial charge in [0.1, 0.15) is 5.65 Å². The number of fused-ring (bicyclic) bond motifs is 1. The van der Waals surface area contributed by atoms with Gasteiger partial charge in [0.05, 0.1) is 0 Å². The molecule has 0 amide bonds. The first-order valence-electron chi connectivity index (χ1n) is 6.55. The molecule has 2 aromatic rings. The zero-order valence-electron chi connectivity index (χ0n) is 10.1. The fraction of sp³-hybridized carbons (Fsp3) is 0.500. The maximum absolute atomic E-state index is 4.68. The summed E-state index contributed by atoms with van der Waals surface area (Å²) in [5.74, 6) is 0.796. The van der Waals surface area contributed by atoms with Gasteiger partial charge in [0.15, 0.2) is 0 Å². The number of nitrogens with zero attached hydrogens (tertiary/aromatic N) is 1. The molecular formula is C14H19N3. The molecule has 2 N–H and O–H groups in total. The van der Waals surface area contributed by atoms with Crippen LogP contribution in [0.4, 0.5) is 0 Å². The molecule has 1 fully saturated rings. The van der Waals surface area contributed by atoms with Gasteiger partial charge in [-0.05, 0) is 62.9 Å². The maximum atomic E-state index is 4.68. The van der Waals surface area contributed by atoms with Gasteiger partial charge in [0.25, 0.3) is 0 Å². The van der Waals surface area contributed by atoms with Crippen molar-refractivity contribution in [2.45, 2.75) is 25.7 Å². The summed E-state index contributed by atoms with van der Waals surface area (Å²) in [4.78, 5) is 7.87. The highest BCUT2D eigenvalue weighted by molar-refractivity contribution is 5.75. The number of nitrogens with one attached hydrogen (secondary N) is 2. The van der Waals surface area contributed by atoms with Gasteiger partial charge in [-0.3, -0.25) is 0 Å². The summed E-state index contributed by atoms with van der Waals surface area (Å²) in [5.41, 5.74) is 2.25. The molecule has 17 heavy (non-hydrogen) atoms. The lowest BCUT2D eigenvalue weighted by atomic mass is 9.95. The smallest absolute Gasteiger partial charge is 0.137 e. The van der Waals surface area contributed by atoms with Crippen LogP contribution in [0.1, 0.15) is 25.0 Å². The topological polar surface area (TPSA) is 40.7 Å². The van der Waals surface area contributed by atoms with Gasteiger partial charge in [-0.2, -0.15) is 0 Å². The van der Waals surface area contributed by atoms with Crippen LogP contribution >= 0.6 is 0 Å². The van der Waals surface area contributed by atoms with E-state index in [1.54, 1.807) is 0 Å². The normalized spacial score (nSPS) is 21.5. The summed E-state index contributed by atoms with van der Waals surface area (Å²) in [7, 11) is 0. The van der Waals surface area contributed by atoms with E-state index >= 15 is 0 Å². The quantitative estimate of drug-likeness (QED) is 0.830. The van der Waals surface area contributed by atoms with Crippen LogP contribution < -0.4 is 5.32 Å². The molecule has 90 valence electrons. The van der Waals surface area contributed by atoms with Crippen LogP contribution in [0.2, 0.25) is 0 Å². The van der Waals surface area contributed by atoms with Crippen molar-refractivity contribution < 1.29 is 0 Å². The molecule has 0 bridgehead atoms. The standard InChI is InChI=1S/C14H19N3/c1-2-11(5-8-15-7-1)10-13-4-3-12-6-9-16-14(12)17-13/h3-4,6,9,11,15H,1-2,5,7-8,10H2,(H,16,17). The minimum absolute atomic E-state index is 0.796. The Hall–Kier alpha value is -1.35. The third-order valence-electron chi connectivity index (χ3n) is 3.66. The first-order valence-corrected chi connectivity index (χ1v) is 6.55. The van der Waals surface area contributed by atoms with Crippen LogP contribution in [0, 0.1) is 5.92 Å². The zero-order valence-corrected chi connectivity index (χ0v) is 10.1. The Kier molecular flexibility index (Phi) is 3.10. The average molecular weight is 229 g/mol. The number of hydrogen-bond acceptors (Lipinski definition) is 2. The van der Waals surface area contributed by atoms with Crippen molar-refractivity contribution in [3.63, 3.8) is 0 Å². The molecule has 1 atom stereocenters. The number of hydrogen-bond donors (Lipinski definition) is 2. The van der Waals surface area contributed by atoms with Gasteiger partial charge in [-0.1, -0.05) is 0 Å². The summed E-state index contributed by atoms with van der Waals surface area (Å²) >= 11 is 0. The number of H-pyrrole nitrogens is 1. The molecule has 1 unspecified atom stereocenters. The van der Waals surface area contributed by atoms with Crippen LogP contribution in [0.3, 0.4) is 0 Å². The highest BCUT2D eigenvalue weighted by atomic mass is 14.9. The van der Waals surface area contributed by atoms with E-state index < -0.39 is 0 Å². The average Bonchev–Trinajstić information content (AvgIpc) is 2.65. The third-order valence-corrected chi connectivity index (χ3v) is 3.66. The van der Waals surface area contributed by atoms with Crippen molar-refractivity contribution in [3.8, 4) is 0 Å². The van der Waals surface area contributed by atoms with Gasteiger partial charge in [-0.15, -0.1) is 0 Å². The lowest BCUT2D eigenvalue weighted by molar-refractivity contribution is 0.465. The Morgan fingerprint density at radius 1 is 1.18 bits per heavy atom. The fourth-order valence-corrected chi connectivity index (χ4v) is 2.68. The largest absolute Gasteiger partial charge is 0.346 e. The minimum atomic E-state index is 0.796. The van der Waals surface area contributed by atoms with E-state index in [-0.39, 0.29) is 0 Å². The van der Waals surface area contributed by atoms with Gasteiger partial charge >= 0.3 is 0 Å². The summed E-state index contributed by atoms with van der Waals surface area (Å²) in [6, 6.07) is 6.42. The molecule has 1 aliphatic rings. The van der Waals surface area contributed by atoms with E-state index in [0.29, 0.717) is 0 Å². The Labute approximate surface area is 102 Å². The lowest BCUT2D eigenvalue weighted by Crippen LogP contribution is -2.14. The number of rotatable bonds is 2. The zero-order chi connectivity index (χ0) is 11.5. The molecule has 0 aliphatic carbocycles. The predicted octanol–water partition coefficient (Wildman–Crippen LogP) is 2.50. The van der Waals surface area contributed by atoms with E-state index in [9.17, 15) is 0 Å². The van der Waals surface area contributed by atoms with E-state index in [1.807, 2.05) is 6.20 Å².